The van der Waals surface area contributed by atoms with E-state index in [1.54, 1.807) is 13.0 Å². The van der Waals surface area contributed by atoms with E-state index in [9.17, 15) is 13.2 Å². The number of aryl methyl sites for hydroxylation is 3. The zero-order valence-electron chi connectivity index (χ0n) is 12.2. The van der Waals surface area contributed by atoms with Crippen LogP contribution in [0.1, 0.15) is 17.0 Å². The number of fused-ring (bicyclic) bond motifs is 1. The maximum Gasteiger partial charge on any atom is 0.340 e. The molecular formula is C13H14N4O4S. The number of nitrogen functional groups attached to an aromatic ring is 1. The van der Waals surface area contributed by atoms with E-state index in [4.69, 9.17) is 10.3 Å². The Labute approximate surface area is 125 Å². The summed E-state index contributed by atoms with van der Waals surface area (Å²) in [6.45, 7) is 4.75. The van der Waals surface area contributed by atoms with Crippen molar-refractivity contribution < 1.29 is 12.9 Å². The molecule has 3 rings (SSSR count). The van der Waals surface area contributed by atoms with Gasteiger partial charge in [-0.2, -0.15) is 3.97 Å². The number of nitrogens with one attached hydrogen (secondary N) is 1. The maximum atomic E-state index is 12.8. The molecule has 0 aliphatic rings. The van der Waals surface area contributed by atoms with Gasteiger partial charge in [-0.05, 0) is 38.5 Å². The summed E-state index contributed by atoms with van der Waals surface area (Å²) in [5.41, 5.74) is 6.99. The van der Waals surface area contributed by atoms with Crippen LogP contribution in [-0.2, 0) is 10.0 Å². The number of imidazole rings is 1. The molecule has 0 atom stereocenters. The molecule has 0 amide bonds. The van der Waals surface area contributed by atoms with E-state index in [-0.39, 0.29) is 21.9 Å². The Morgan fingerprint density at radius 1 is 1.27 bits per heavy atom. The second-order valence-electron chi connectivity index (χ2n) is 5.08. The van der Waals surface area contributed by atoms with Crippen molar-refractivity contribution in [1.29, 1.82) is 0 Å². The number of hydrogen-bond acceptors (Lipinski definition) is 6. The first-order valence-electron chi connectivity index (χ1n) is 6.43. The Morgan fingerprint density at radius 2 is 1.95 bits per heavy atom. The van der Waals surface area contributed by atoms with Gasteiger partial charge >= 0.3 is 5.69 Å². The van der Waals surface area contributed by atoms with Crippen molar-refractivity contribution in [3.05, 3.63) is 39.6 Å². The van der Waals surface area contributed by atoms with Crippen LogP contribution in [0.5, 0.6) is 0 Å². The molecule has 8 nitrogen and oxygen atoms in total. The Bertz CT molecular complexity index is 1040. The van der Waals surface area contributed by atoms with Crippen molar-refractivity contribution >= 4 is 26.7 Å². The normalized spacial score (nSPS) is 12.1. The van der Waals surface area contributed by atoms with E-state index >= 15 is 0 Å². The van der Waals surface area contributed by atoms with E-state index in [0.29, 0.717) is 15.2 Å². The molecular weight excluding hydrogens is 308 g/mol. The molecule has 0 saturated heterocycles. The van der Waals surface area contributed by atoms with Crippen molar-refractivity contribution in [2.24, 2.45) is 0 Å². The summed E-state index contributed by atoms with van der Waals surface area (Å²) >= 11 is 0. The van der Waals surface area contributed by atoms with Gasteiger partial charge in [0.05, 0.1) is 11.0 Å². The molecule has 2 aromatic heterocycles. The highest BCUT2D eigenvalue weighted by Crippen LogP contribution is 2.25. The molecule has 0 bridgehead atoms. The quantitative estimate of drug-likeness (QED) is 0.680. The number of nitrogens with zero attached hydrogens (tertiary/aromatic N) is 2. The number of H-pyrrole nitrogens is 1. The fourth-order valence-electron chi connectivity index (χ4n) is 2.43. The molecule has 2 heterocycles. The van der Waals surface area contributed by atoms with Gasteiger partial charge in [0, 0.05) is 5.69 Å². The Balaban J connectivity index is 2.42. The molecule has 9 heteroatoms. The van der Waals surface area contributed by atoms with E-state index in [1.807, 2.05) is 0 Å². The van der Waals surface area contributed by atoms with Gasteiger partial charge in [0.1, 0.15) is 5.69 Å². The average Bonchev–Trinajstić information content (AvgIpc) is 2.90. The number of hydrogen-bond donors (Lipinski definition) is 2. The lowest BCUT2D eigenvalue weighted by Crippen LogP contribution is -2.25. The molecule has 0 fully saturated rings. The van der Waals surface area contributed by atoms with Gasteiger partial charge < -0.3 is 15.2 Å². The standard InChI is InChI=1S/C13H14N4O4S/c1-6-4-10-11(5-9(6)14)17(13(18)15-10)22(19,20)12-7(2)16-21-8(12)3/h4-5H,14H2,1-3H3,(H,15,18). The van der Waals surface area contributed by atoms with Crippen LogP contribution in [0.3, 0.4) is 0 Å². The molecule has 116 valence electrons. The monoisotopic (exact) mass is 322 g/mol. The van der Waals surface area contributed by atoms with Gasteiger partial charge in [-0.1, -0.05) is 5.16 Å². The molecule has 0 aliphatic heterocycles. The van der Waals surface area contributed by atoms with Gasteiger partial charge in [-0.15, -0.1) is 0 Å². The van der Waals surface area contributed by atoms with Crippen LogP contribution in [0.2, 0.25) is 0 Å². The molecule has 0 unspecified atom stereocenters. The molecule has 0 spiro atoms. The van der Waals surface area contributed by atoms with E-state index in [0.717, 1.165) is 5.56 Å². The lowest BCUT2D eigenvalue weighted by molar-refractivity contribution is 0.390. The van der Waals surface area contributed by atoms with Crippen molar-refractivity contribution in [3.8, 4) is 0 Å². The first kappa shape index (κ1) is 14.4. The number of aromatic nitrogens is 3. The van der Waals surface area contributed by atoms with Gasteiger partial charge in [0.25, 0.3) is 10.0 Å². The van der Waals surface area contributed by atoms with Crippen molar-refractivity contribution in [3.63, 3.8) is 0 Å². The fourth-order valence-corrected chi connectivity index (χ4v) is 4.10. The second kappa shape index (κ2) is 4.47. The third-order valence-corrected chi connectivity index (χ3v) is 5.44. The van der Waals surface area contributed by atoms with Crippen LogP contribution >= 0.6 is 0 Å². The SMILES string of the molecule is Cc1cc2[nH]c(=O)n(S(=O)(=O)c3c(C)noc3C)c2cc1N. The van der Waals surface area contributed by atoms with E-state index < -0.39 is 15.7 Å². The predicted octanol–water partition coefficient (Wildman–Crippen LogP) is 1.06. The first-order chi connectivity index (χ1) is 10.2. The summed E-state index contributed by atoms with van der Waals surface area (Å²) in [7, 11) is -4.14. The summed E-state index contributed by atoms with van der Waals surface area (Å²) in [5, 5.41) is 3.63. The number of rotatable bonds is 2. The zero-order valence-corrected chi connectivity index (χ0v) is 13.0. The van der Waals surface area contributed by atoms with Crippen LogP contribution in [0.4, 0.5) is 5.69 Å². The number of benzene rings is 1. The van der Waals surface area contributed by atoms with Gasteiger partial charge in [-0.25, -0.2) is 13.2 Å². The van der Waals surface area contributed by atoms with Gasteiger partial charge in [0.15, 0.2) is 10.7 Å². The van der Waals surface area contributed by atoms with Gasteiger partial charge in [-0.3, -0.25) is 0 Å². The van der Waals surface area contributed by atoms with Crippen LogP contribution < -0.4 is 11.4 Å². The minimum Gasteiger partial charge on any atom is -0.398 e. The predicted molar refractivity (Wildman–Crippen MR) is 80.3 cm³/mol. The van der Waals surface area contributed by atoms with E-state index in [1.165, 1.54) is 19.9 Å². The van der Waals surface area contributed by atoms with Gasteiger partial charge in [0.2, 0.25) is 0 Å². The molecule has 3 N–H and O–H groups in total. The third kappa shape index (κ3) is 1.86. The van der Waals surface area contributed by atoms with Crippen LogP contribution in [0.15, 0.2) is 26.3 Å². The Hall–Kier alpha value is -2.55. The zero-order chi connectivity index (χ0) is 16.2. The van der Waals surface area contributed by atoms with Crippen LogP contribution in [-0.4, -0.2) is 22.5 Å². The Morgan fingerprint density at radius 3 is 2.55 bits per heavy atom. The molecule has 1 aromatic carbocycles. The largest absolute Gasteiger partial charge is 0.398 e. The van der Waals surface area contributed by atoms with E-state index in [2.05, 4.69) is 10.1 Å². The minimum absolute atomic E-state index is 0.116. The minimum atomic E-state index is -4.14. The maximum absolute atomic E-state index is 12.8. The number of anilines is 1. The summed E-state index contributed by atoms with van der Waals surface area (Å²) in [6, 6.07) is 3.09. The third-order valence-electron chi connectivity index (χ3n) is 3.50. The van der Waals surface area contributed by atoms with Crippen molar-refractivity contribution in [2.75, 3.05) is 5.73 Å². The summed E-state index contributed by atoms with van der Waals surface area (Å²) in [5.74, 6) is 0.124. The lowest BCUT2D eigenvalue weighted by Gasteiger charge is -2.06. The second-order valence-corrected chi connectivity index (χ2v) is 6.80. The highest BCUT2D eigenvalue weighted by Gasteiger charge is 2.29. The fraction of sp³-hybridized carbons (Fsp3) is 0.231. The first-order valence-corrected chi connectivity index (χ1v) is 7.87. The highest BCUT2D eigenvalue weighted by atomic mass is 32.2. The highest BCUT2D eigenvalue weighted by molar-refractivity contribution is 7.90. The van der Waals surface area contributed by atoms with Crippen molar-refractivity contribution in [2.45, 2.75) is 25.7 Å². The lowest BCUT2D eigenvalue weighted by atomic mass is 10.2. The summed E-state index contributed by atoms with van der Waals surface area (Å²) < 4.78 is 31.2. The Kier molecular flexibility index (Phi) is 2.92. The molecule has 3 aromatic rings. The van der Waals surface area contributed by atoms with Crippen molar-refractivity contribution in [1.82, 2.24) is 14.1 Å². The molecule has 0 radical (unpaired) electrons. The number of aromatic amines is 1. The smallest absolute Gasteiger partial charge is 0.340 e. The van der Waals surface area contributed by atoms with Crippen LogP contribution in [0.25, 0.3) is 11.0 Å². The summed E-state index contributed by atoms with van der Waals surface area (Å²) in [6.07, 6.45) is 0. The average molecular weight is 322 g/mol. The molecule has 0 aliphatic carbocycles. The molecule has 0 saturated carbocycles. The number of nitrogens with two attached hydrogens (primary N) is 1. The van der Waals surface area contributed by atoms with Crippen LogP contribution in [0, 0.1) is 20.8 Å². The molecule has 22 heavy (non-hydrogen) atoms. The summed E-state index contributed by atoms with van der Waals surface area (Å²) in [4.78, 5) is 14.6. The topological polar surface area (TPSA) is 124 Å².